The third-order valence-corrected chi connectivity index (χ3v) is 7.58. The third kappa shape index (κ3) is 5.47. The number of pyridine rings is 1. The van der Waals surface area contributed by atoms with Crippen LogP contribution in [0.15, 0.2) is 42.5 Å². The third-order valence-electron chi connectivity index (χ3n) is 7.58. The maximum absolute atomic E-state index is 11.6. The number of aryl methyl sites for hydroxylation is 1. The molecule has 0 radical (unpaired) electrons. The van der Waals surface area contributed by atoms with Crippen molar-refractivity contribution in [1.29, 1.82) is 0 Å². The molecule has 3 heterocycles. The number of ether oxygens (including phenoxy) is 1. The Labute approximate surface area is 229 Å². The summed E-state index contributed by atoms with van der Waals surface area (Å²) >= 11 is 0. The zero-order chi connectivity index (χ0) is 27.9. The van der Waals surface area contributed by atoms with Crippen LogP contribution in [0, 0.1) is 12.3 Å². The van der Waals surface area contributed by atoms with Gasteiger partial charge in [0, 0.05) is 53.1 Å². The lowest BCUT2D eigenvalue weighted by molar-refractivity contribution is 0.0997. The number of amides is 1. The molecule has 1 aliphatic heterocycles. The lowest BCUT2D eigenvalue weighted by atomic mass is 9.84. The summed E-state index contributed by atoms with van der Waals surface area (Å²) in [4.78, 5) is 19.2. The summed E-state index contributed by atoms with van der Waals surface area (Å²) in [5, 5.41) is 19.2. The molecular weight excluding hydrogens is 490 g/mol. The quantitative estimate of drug-likeness (QED) is 0.261. The molecule has 0 aliphatic carbocycles. The zero-order valence-electron chi connectivity index (χ0n) is 23.3. The van der Waals surface area contributed by atoms with Gasteiger partial charge in [-0.2, -0.15) is 5.10 Å². The number of H-pyrrole nitrogens is 1. The Morgan fingerprint density at radius 3 is 2.72 bits per heavy atom. The predicted molar refractivity (Wildman–Crippen MR) is 153 cm³/mol. The van der Waals surface area contributed by atoms with Crippen molar-refractivity contribution in [2.24, 2.45) is 11.1 Å². The van der Waals surface area contributed by atoms with Gasteiger partial charge in [0.15, 0.2) is 0 Å². The number of hydrogen-bond donors (Lipinski definition) is 3. The molecule has 1 saturated heterocycles. The average Bonchev–Trinajstić information content (AvgIpc) is 3.30. The van der Waals surface area contributed by atoms with Crippen LogP contribution in [0.3, 0.4) is 0 Å². The van der Waals surface area contributed by atoms with E-state index in [-0.39, 0.29) is 22.6 Å². The number of likely N-dealkylation sites (tertiary alicyclic amines) is 1. The molecule has 4 N–H and O–H groups in total. The molecule has 8 heteroatoms. The number of piperidine rings is 1. The number of aromatic amines is 1. The number of nitrogens with one attached hydrogen (secondary N) is 1. The predicted octanol–water partition coefficient (Wildman–Crippen LogP) is 6.28. The summed E-state index contributed by atoms with van der Waals surface area (Å²) in [5.74, 6) is 0.442. The van der Waals surface area contributed by atoms with Crippen LogP contribution in [-0.2, 0) is 6.54 Å². The molecule has 0 spiro atoms. The fraction of sp³-hybridized carbons (Fsp3) is 0.387. The van der Waals surface area contributed by atoms with Gasteiger partial charge in [0.1, 0.15) is 17.2 Å². The summed E-state index contributed by atoms with van der Waals surface area (Å²) in [5.41, 5.74) is 11.3. The van der Waals surface area contributed by atoms with Crippen LogP contribution in [-0.4, -0.2) is 44.2 Å². The number of carbonyl (C=O) groups is 1. The largest absolute Gasteiger partial charge is 0.507 e. The first-order chi connectivity index (χ1) is 18.5. The zero-order valence-corrected chi connectivity index (χ0v) is 23.3. The molecule has 2 aromatic carbocycles. The van der Waals surface area contributed by atoms with Crippen LogP contribution in [0.1, 0.15) is 73.8 Å². The molecule has 39 heavy (non-hydrogen) atoms. The Balaban J connectivity index is 1.62. The van der Waals surface area contributed by atoms with Crippen LogP contribution >= 0.6 is 0 Å². The van der Waals surface area contributed by atoms with Gasteiger partial charge in [-0.3, -0.25) is 19.8 Å². The average molecular weight is 528 g/mol. The Hall–Kier alpha value is -3.91. The van der Waals surface area contributed by atoms with Gasteiger partial charge in [0.2, 0.25) is 0 Å². The monoisotopic (exact) mass is 527 g/mol. The lowest BCUT2D eigenvalue weighted by Crippen LogP contribution is -2.39. The van der Waals surface area contributed by atoms with E-state index in [0.717, 1.165) is 58.6 Å². The van der Waals surface area contributed by atoms with Gasteiger partial charge < -0.3 is 15.6 Å². The van der Waals surface area contributed by atoms with E-state index in [1.54, 1.807) is 6.07 Å². The van der Waals surface area contributed by atoms with Crippen molar-refractivity contribution in [2.75, 3.05) is 13.1 Å². The molecule has 1 fully saturated rings. The summed E-state index contributed by atoms with van der Waals surface area (Å²) in [7, 11) is 0. The minimum absolute atomic E-state index is 0.0533. The van der Waals surface area contributed by atoms with Crippen molar-refractivity contribution in [2.45, 2.75) is 59.9 Å². The van der Waals surface area contributed by atoms with Gasteiger partial charge in [0.25, 0.3) is 5.91 Å². The van der Waals surface area contributed by atoms with E-state index in [4.69, 9.17) is 15.5 Å². The Bertz CT molecular complexity index is 1540. The number of nitrogens with zero attached hydrogens (tertiary/aromatic N) is 3. The minimum atomic E-state index is -0.691. The summed E-state index contributed by atoms with van der Waals surface area (Å²) in [6.07, 6.45) is 2.36. The van der Waals surface area contributed by atoms with Crippen molar-refractivity contribution < 1.29 is 14.6 Å². The van der Waals surface area contributed by atoms with Crippen molar-refractivity contribution >= 4 is 16.8 Å². The van der Waals surface area contributed by atoms with Crippen molar-refractivity contribution in [3.8, 4) is 28.5 Å². The summed E-state index contributed by atoms with van der Waals surface area (Å²) < 4.78 is 6.43. The van der Waals surface area contributed by atoms with Gasteiger partial charge in [-0.15, -0.1) is 0 Å². The van der Waals surface area contributed by atoms with Gasteiger partial charge in [0.05, 0.1) is 16.8 Å². The van der Waals surface area contributed by atoms with Gasteiger partial charge in [-0.1, -0.05) is 39.8 Å². The number of aromatic nitrogens is 3. The highest BCUT2D eigenvalue weighted by atomic mass is 16.5. The summed E-state index contributed by atoms with van der Waals surface area (Å²) in [6.45, 7) is 13.6. The lowest BCUT2D eigenvalue weighted by Gasteiger charge is -2.38. The van der Waals surface area contributed by atoms with Crippen LogP contribution in [0.25, 0.3) is 22.2 Å². The molecule has 0 saturated carbocycles. The first kappa shape index (κ1) is 26.7. The first-order valence-electron chi connectivity index (χ1n) is 13.5. The highest BCUT2D eigenvalue weighted by molar-refractivity contribution is 5.96. The molecular formula is C31H37N5O3. The van der Waals surface area contributed by atoms with E-state index in [1.807, 2.05) is 25.1 Å². The second kappa shape index (κ2) is 10.3. The number of rotatable bonds is 7. The highest BCUT2D eigenvalue weighted by Crippen LogP contribution is 2.38. The van der Waals surface area contributed by atoms with E-state index in [2.05, 4.69) is 48.9 Å². The topological polar surface area (TPSA) is 117 Å². The molecule has 2 aromatic heterocycles. The first-order valence-corrected chi connectivity index (χ1v) is 13.5. The number of carbonyl (C=O) groups excluding carboxylic acids is 1. The normalized spacial score (nSPS) is 15.6. The van der Waals surface area contributed by atoms with E-state index in [1.165, 1.54) is 18.6 Å². The number of benzene rings is 2. The maximum atomic E-state index is 11.6. The van der Waals surface area contributed by atoms with E-state index >= 15 is 0 Å². The van der Waals surface area contributed by atoms with Gasteiger partial charge >= 0.3 is 0 Å². The number of phenols is 1. The molecule has 4 aromatic rings. The maximum Gasteiger partial charge on any atom is 0.252 e. The van der Waals surface area contributed by atoms with Crippen molar-refractivity contribution in [3.05, 3.63) is 65.0 Å². The molecule has 1 aliphatic rings. The van der Waals surface area contributed by atoms with Crippen LogP contribution in [0.4, 0.5) is 0 Å². The Kier molecular flexibility index (Phi) is 7.07. The molecule has 204 valence electrons. The summed E-state index contributed by atoms with van der Waals surface area (Å²) in [6, 6.07) is 12.6. The number of aromatic hydroxyl groups is 1. The molecule has 0 atom stereocenters. The minimum Gasteiger partial charge on any atom is -0.507 e. The second-order valence-corrected chi connectivity index (χ2v) is 11.7. The molecule has 0 unspecified atom stereocenters. The molecule has 1 amide bonds. The van der Waals surface area contributed by atoms with Crippen molar-refractivity contribution in [1.82, 2.24) is 20.1 Å². The van der Waals surface area contributed by atoms with Crippen LogP contribution in [0.5, 0.6) is 17.2 Å². The van der Waals surface area contributed by atoms with Gasteiger partial charge in [-0.25, -0.2) is 0 Å². The van der Waals surface area contributed by atoms with Gasteiger partial charge in [-0.05, 0) is 55.8 Å². The van der Waals surface area contributed by atoms with E-state index < -0.39 is 5.91 Å². The molecule has 5 rings (SSSR count). The van der Waals surface area contributed by atoms with Crippen LogP contribution in [0.2, 0.25) is 0 Å². The SMILES string of the molecule is Cc1nc(-c2cccc3n[nH]c(C(C)C)c23)cc(Oc2ccc(C(N)=O)c(O)c2)c1CN1CCCC(C)(C)C1. The fourth-order valence-corrected chi connectivity index (χ4v) is 5.63. The number of hydrogen-bond acceptors (Lipinski definition) is 6. The smallest absolute Gasteiger partial charge is 0.252 e. The fourth-order valence-electron chi connectivity index (χ4n) is 5.63. The molecule has 0 bridgehead atoms. The standard InChI is InChI=1S/C31H37N5O3/c1-18(2)29-28-21(8-6-9-24(28)34-35-29)25-15-27(39-20-10-11-22(30(32)38)26(37)14-20)23(19(3)33-25)16-36-13-7-12-31(4,5)17-36/h6,8-11,14-15,18,37H,7,12-13,16-17H2,1-5H3,(H2,32,38)(H,34,35). The number of primary amides is 1. The van der Waals surface area contributed by atoms with E-state index in [0.29, 0.717) is 18.0 Å². The Morgan fingerprint density at radius 2 is 2.03 bits per heavy atom. The highest BCUT2D eigenvalue weighted by Gasteiger charge is 2.28. The number of fused-ring (bicyclic) bond motifs is 1. The van der Waals surface area contributed by atoms with E-state index in [9.17, 15) is 9.90 Å². The second-order valence-electron chi connectivity index (χ2n) is 11.7. The van der Waals surface area contributed by atoms with Crippen molar-refractivity contribution in [3.63, 3.8) is 0 Å². The Morgan fingerprint density at radius 1 is 1.23 bits per heavy atom. The molecule has 8 nitrogen and oxygen atoms in total. The van der Waals surface area contributed by atoms with Crippen LogP contribution < -0.4 is 10.5 Å². The number of nitrogens with two attached hydrogens (primary N) is 1.